The van der Waals surface area contributed by atoms with Crippen LogP contribution < -0.4 is 19.9 Å². The topological polar surface area (TPSA) is 186 Å². The van der Waals surface area contributed by atoms with Crippen molar-refractivity contribution in [2.45, 2.75) is 22.9 Å². The van der Waals surface area contributed by atoms with E-state index in [0.29, 0.717) is 23.9 Å². The van der Waals surface area contributed by atoms with Gasteiger partial charge in [0.15, 0.2) is 5.82 Å². The average Bonchev–Trinajstić information content (AvgIpc) is 3.73. The van der Waals surface area contributed by atoms with Crippen LogP contribution in [0.15, 0.2) is 132 Å². The summed E-state index contributed by atoms with van der Waals surface area (Å²) in [4.78, 5) is 8.11. The second kappa shape index (κ2) is 17.1. The van der Waals surface area contributed by atoms with E-state index in [9.17, 15) is 16.8 Å². The van der Waals surface area contributed by atoms with Crippen LogP contribution in [-0.2, 0) is 32.2 Å². The summed E-state index contributed by atoms with van der Waals surface area (Å²) in [6, 6.07) is 23.1. The van der Waals surface area contributed by atoms with Crippen molar-refractivity contribution in [2.24, 2.45) is 0 Å². The number of nitrogens with zero attached hydrogens (tertiary/aromatic N) is 6. The average molecular weight is 725 g/mol. The zero-order valence-electron chi connectivity index (χ0n) is 26.4. The summed E-state index contributed by atoms with van der Waals surface area (Å²) in [7, 11) is 0.814. The van der Waals surface area contributed by atoms with Crippen LogP contribution in [-0.4, -0.2) is 60.6 Å². The van der Waals surface area contributed by atoms with Gasteiger partial charge in [-0.15, -0.1) is 0 Å². The molecule has 0 spiro atoms. The number of methoxy groups -OCH3 is 2. The van der Waals surface area contributed by atoms with E-state index in [4.69, 9.17) is 25.9 Å². The summed E-state index contributed by atoms with van der Waals surface area (Å²) in [6.45, 7) is 1.27. The van der Waals surface area contributed by atoms with Crippen molar-refractivity contribution >= 4 is 41.4 Å². The van der Waals surface area contributed by atoms with Gasteiger partial charge in [0.05, 0.1) is 37.1 Å². The summed E-state index contributed by atoms with van der Waals surface area (Å²) in [6.07, 6.45) is 10.5. The molecule has 17 heteroatoms. The number of nitrogens with two attached hydrogens (primary N) is 1. The Hall–Kier alpha value is -5.45. The van der Waals surface area contributed by atoms with Crippen molar-refractivity contribution in [3.63, 3.8) is 0 Å². The molecule has 14 nitrogen and oxygen atoms in total. The highest BCUT2D eigenvalue weighted by molar-refractivity contribution is 8.13. The highest BCUT2D eigenvalue weighted by Gasteiger charge is 2.16. The highest BCUT2D eigenvalue weighted by Crippen LogP contribution is 2.19. The summed E-state index contributed by atoms with van der Waals surface area (Å²) < 4.78 is 62.0. The van der Waals surface area contributed by atoms with E-state index in [-0.39, 0.29) is 15.6 Å². The maximum absolute atomic E-state index is 12.4. The number of anilines is 2. The maximum atomic E-state index is 12.4. The third-order valence-corrected chi connectivity index (χ3v) is 9.18. The van der Waals surface area contributed by atoms with Crippen molar-refractivity contribution in [1.82, 2.24) is 29.5 Å². The predicted molar refractivity (Wildman–Crippen MR) is 185 cm³/mol. The molecule has 0 saturated heterocycles. The third kappa shape index (κ3) is 11.6. The van der Waals surface area contributed by atoms with Crippen LogP contribution in [0.4, 0.5) is 11.6 Å². The van der Waals surface area contributed by atoms with Crippen LogP contribution in [0.2, 0.25) is 0 Å². The Morgan fingerprint density at radius 3 is 1.53 bits per heavy atom. The van der Waals surface area contributed by atoms with Crippen LogP contribution in [0, 0.1) is 0 Å². The lowest BCUT2D eigenvalue weighted by Gasteiger charge is -2.06. The Balaban J connectivity index is 0.000000182. The van der Waals surface area contributed by atoms with Gasteiger partial charge in [-0.2, -0.15) is 10.2 Å². The minimum Gasteiger partial charge on any atom is -0.497 e. The van der Waals surface area contributed by atoms with E-state index in [1.165, 1.54) is 50.6 Å². The van der Waals surface area contributed by atoms with Gasteiger partial charge in [0.1, 0.15) is 17.3 Å². The molecule has 3 N–H and O–H groups in total. The lowest BCUT2D eigenvalue weighted by molar-refractivity contribution is 0.414. The zero-order valence-corrected chi connectivity index (χ0v) is 28.8. The van der Waals surface area contributed by atoms with Crippen molar-refractivity contribution < 1.29 is 26.3 Å². The van der Waals surface area contributed by atoms with Crippen LogP contribution in [0.5, 0.6) is 11.5 Å². The van der Waals surface area contributed by atoms with E-state index in [1.54, 1.807) is 64.6 Å². The molecule has 0 fully saturated rings. The first-order chi connectivity index (χ1) is 23.4. The molecule has 0 amide bonds. The van der Waals surface area contributed by atoms with Crippen LogP contribution >= 0.6 is 10.7 Å². The first-order valence-corrected chi connectivity index (χ1v) is 18.1. The molecule has 0 aliphatic heterocycles. The van der Waals surface area contributed by atoms with Gasteiger partial charge in [0.25, 0.3) is 19.1 Å². The molecule has 0 radical (unpaired) electrons. The minimum atomic E-state index is -3.69. The Bertz CT molecular complexity index is 2110. The number of benzene rings is 2. The van der Waals surface area contributed by atoms with Crippen molar-refractivity contribution in [2.75, 3.05) is 24.7 Å². The van der Waals surface area contributed by atoms with Gasteiger partial charge < -0.3 is 15.2 Å². The van der Waals surface area contributed by atoms with Crippen LogP contribution in [0.3, 0.4) is 0 Å². The minimum absolute atomic E-state index is 0.0740. The molecule has 0 bridgehead atoms. The standard InChI is InChI=1S/C16H16N4O3S.C9H10N4.C7H7ClO3S/c1-23-14-2-4-15(5-3-14)24(21,22)19-16-8-11-20(18-16)12-13-6-9-17-10-7-13;10-9-3-6-13(12-9)7-8-1-4-11-5-2-8;1-11-6-2-4-7(5-3-6)12(8,9)10/h2-11H,12H2,1H3,(H,18,19);1-6H,7H2,(H2,10,12);2-5H,1H3. The molecular weight excluding hydrogens is 692 g/mol. The van der Waals surface area contributed by atoms with E-state index < -0.39 is 19.1 Å². The van der Waals surface area contributed by atoms with Gasteiger partial charge in [0.2, 0.25) is 0 Å². The van der Waals surface area contributed by atoms with E-state index >= 15 is 0 Å². The molecule has 256 valence electrons. The molecule has 4 heterocycles. The molecule has 0 unspecified atom stereocenters. The Morgan fingerprint density at radius 2 is 1.10 bits per heavy atom. The smallest absolute Gasteiger partial charge is 0.263 e. The number of pyridine rings is 2. The largest absolute Gasteiger partial charge is 0.497 e. The monoisotopic (exact) mass is 724 g/mol. The molecule has 49 heavy (non-hydrogen) atoms. The van der Waals surface area contributed by atoms with Crippen LogP contribution in [0.25, 0.3) is 0 Å². The first kappa shape index (κ1) is 36.4. The number of hydrogen-bond acceptors (Lipinski definition) is 11. The van der Waals surface area contributed by atoms with Crippen LogP contribution in [0.1, 0.15) is 11.1 Å². The fourth-order valence-electron chi connectivity index (χ4n) is 4.01. The lowest BCUT2D eigenvalue weighted by atomic mass is 10.3. The number of hydrogen-bond donors (Lipinski definition) is 2. The first-order valence-electron chi connectivity index (χ1n) is 14.3. The van der Waals surface area contributed by atoms with E-state index in [2.05, 4.69) is 24.9 Å². The molecular formula is C32H33ClN8O6S2. The molecule has 0 aliphatic rings. The number of ether oxygens (including phenoxy) is 2. The number of aromatic nitrogens is 6. The molecule has 0 atom stereocenters. The van der Waals surface area contributed by atoms with Gasteiger partial charge in [-0.25, -0.2) is 16.8 Å². The van der Waals surface area contributed by atoms with Gasteiger partial charge >= 0.3 is 0 Å². The van der Waals surface area contributed by atoms with Crippen molar-refractivity contribution in [3.8, 4) is 11.5 Å². The lowest BCUT2D eigenvalue weighted by Crippen LogP contribution is -2.13. The SMILES string of the molecule is COc1ccc(S(=O)(=O)Cl)cc1.COc1ccc(S(=O)(=O)Nc2ccn(Cc3ccncc3)n2)cc1.Nc1ccn(Cc2ccncc2)n1. The van der Waals surface area contributed by atoms with Gasteiger partial charge in [-0.3, -0.25) is 24.1 Å². The van der Waals surface area contributed by atoms with Crippen molar-refractivity contribution in [3.05, 3.63) is 133 Å². The number of nitrogen functional groups attached to an aromatic ring is 1. The molecule has 2 aromatic carbocycles. The Labute approximate surface area is 288 Å². The molecule has 4 aromatic heterocycles. The summed E-state index contributed by atoms with van der Waals surface area (Å²) in [5, 5.41) is 8.31. The quantitative estimate of drug-likeness (QED) is 0.187. The number of nitrogens with one attached hydrogen (secondary N) is 1. The van der Waals surface area contributed by atoms with Gasteiger partial charge in [-0.05, 0) is 90.0 Å². The van der Waals surface area contributed by atoms with E-state index in [1.807, 2.05) is 30.5 Å². The normalized spacial score (nSPS) is 10.9. The second-order valence-electron chi connectivity index (χ2n) is 9.94. The fourth-order valence-corrected chi connectivity index (χ4v) is 5.78. The zero-order chi connectivity index (χ0) is 35.3. The Kier molecular flexibility index (Phi) is 12.7. The molecule has 6 rings (SSSR count). The third-order valence-electron chi connectivity index (χ3n) is 6.44. The molecule has 0 aliphatic carbocycles. The number of sulfonamides is 1. The summed E-state index contributed by atoms with van der Waals surface area (Å²) in [5.74, 6) is 2.00. The van der Waals surface area contributed by atoms with Gasteiger partial charge in [-0.1, -0.05) is 0 Å². The molecule has 6 aromatic rings. The van der Waals surface area contributed by atoms with Crippen molar-refractivity contribution in [1.29, 1.82) is 0 Å². The number of rotatable bonds is 10. The highest BCUT2D eigenvalue weighted by atomic mass is 35.7. The number of halogens is 1. The van der Waals surface area contributed by atoms with Gasteiger partial charge in [0, 0.05) is 53.9 Å². The summed E-state index contributed by atoms with van der Waals surface area (Å²) >= 11 is 0. The second-order valence-corrected chi connectivity index (χ2v) is 14.2. The van der Waals surface area contributed by atoms with E-state index in [0.717, 1.165) is 17.7 Å². The molecule has 0 saturated carbocycles. The fraction of sp³-hybridized carbons (Fsp3) is 0.125. The Morgan fingerprint density at radius 1 is 0.653 bits per heavy atom. The summed E-state index contributed by atoms with van der Waals surface area (Å²) in [5.41, 5.74) is 7.68. The predicted octanol–water partition coefficient (Wildman–Crippen LogP) is 4.67. The maximum Gasteiger partial charge on any atom is 0.263 e.